The number of rotatable bonds is 4. The molecule has 0 aliphatic heterocycles. The Labute approximate surface area is 118 Å². The number of ether oxygens (including phenoxy) is 1. The molecular formula is C14H20N2O2S. The zero-order valence-corrected chi connectivity index (χ0v) is 12.1. The zero-order valence-electron chi connectivity index (χ0n) is 11.3. The molecule has 0 spiro atoms. The van der Waals surface area contributed by atoms with Gasteiger partial charge < -0.3 is 15.8 Å². The van der Waals surface area contributed by atoms with Crippen molar-refractivity contribution in [3.63, 3.8) is 0 Å². The van der Waals surface area contributed by atoms with E-state index in [4.69, 9.17) is 10.5 Å². The highest BCUT2D eigenvalue weighted by molar-refractivity contribution is 7.99. The van der Waals surface area contributed by atoms with Gasteiger partial charge in [-0.25, -0.2) is 4.79 Å². The van der Waals surface area contributed by atoms with E-state index in [9.17, 15) is 4.79 Å². The van der Waals surface area contributed by atoms with Crippen molar-refractivity contribution in [2.24, 2.45) is 0 Å². The predicted molar refractivity (Wildman–Crippen MR) is 80.8 cm³/mol. The van der Waals surface area contributed by atoms with Gasteiger partial charge in [-0.2, -0.15) is 11.8 Å². The number of nitrogens with two attached hydrogens (primary N) is 1. The van der Waals surface area contributed by atoms with E-state index in [0.717, 1.165) is 18.5 Å². The molecule has 0 radical (unpaired) electrons. The molecule has 2 atom stereocenters. The van der Waals surface area contributed by atoms with Crippen LogP contribution in [0.3, 0.4) is 0 Å². The van der Waals surface area contributed by atoms with Crippen molar-refractivity contribution in [2.45, 2.75) is 30.6 Å². The molecule has 2 unspecified atom stereocenters. The minimum absolute atomic E-state index is 0.353. The van der Waals surface area contributed by atoms with Crippen LogP contribution in [0.25, 0.3) is 0 Å². The number of benzene rings is 1. The van der Waals surface area contributed by atoms with Crippen LogP contribution in [0.15, 0.2) is 18.2 Å². The molecule has 104 valence electrons. The Hall–Kier alpha value is -1.36. The summed E-state index contributed by atoms with van der Waals surface area (Å²) >= 11 is 1.91. The van der Waals surface area contributed by atoms with E-state index in [-0.39, 0.29) is 5.97 Å². The second-order valence-corrected chi connectivity index (χ2v) is 5.95. The lowest BCUT2D eigenvalue weighted by atomic mass is 10.1. The van der Waals surface area contributed by atoms with Crippen molar-refractivity contribution in [1.29, 1.82) is 0 Å². The molecule has 1 fully saturated rings. The molecular weight excluding hydrogens is 260 g/mol. The van der Waals surface area contributed by atoms with Crippen molar-refractivity contribution >= 4 is 29.1 Å². The van der Waals surface area contributed by atoms with Crippen LogP contribution in [0, 0.1) is 0 Å². The van der Waals surface area contributed by atoms with E-state index in [1.54, 1.807) is 12.1 Å². The Kier molecular flexibility index (Phi) is 4.58. The summed E-state index contributed by atoms with van der Waals surface area (Å²) < 4.78 is 4.80. The molecule has 1 aromatic rings. The van der Waals surface area contributed by atoms with Gasteiger partial charge in [0.25, 0.3) is 0 Å². The van der Waals surface area contributed by atoms with Gasteiger partial charge in [0.05, 0.1) is 12.7 Å². The maximum Gasteiger partial charge on any atom is 0.340 e. The van der Waals surface area contributed by atoms with Crippen LogP contribution in [0.1, 0.15) is 29.6 Å². The highest BCUT2D eigenvalue weighted by Gasteiger charge is 2.25. The molecule has 1 saturated carbocycles. The number of carbonyl (C=O) groups excluding carboxylic acids is 1. The Bertz CT molecular complexity index is 465. The number of hydrogen-bond acceptors (Lipinski definition) is 5. The summed E-state index contributed by atoms with van der Waals surface area (Å²) in [7, 11) is 1.38. The van der Waals surface area contributed by atoms with Gasteiger partial charge in [0, 0.05) is 22.7 Å². The smallest absolute Gasteiger partial charge is 0.340 e. The van der Waals surface area contributed by atoms with Gasteiger partial charge >= 0.3 is 5.97 Å². The molecule has 0 saturated heterocycles. The van der Waals surface area contributed by atoms with Crippen molar-refractivity contribution < 1.29 is 9.53 Å². The maximum absolute atomic E-state index is 11.8. The molecule has 1 aromatic carbocycles. The van der Waals surface area contributed by atoms with Gasteiger partial charge in [0.1, 0.15) is 0 Å². The minimum Gasteiger partial charge on any atom is -0.465 e. The summed E-state index contributed by atoms with van der Waals surface area (Å²) in [6, 6.07) is 5.74. The van der Waals surface area contributed by atoms with Crippen LogP contribution in [0.2, 0.25) is 0 Å². The fourth-order valence-corrected chi connectivity index (χ4v) is 3.27. The van der Waals surface area contributed by atoms with Crippen molar-refractivity contribution in [1.82, 2.24) is 0 Å². The molecule has 2 rings (SSSR count). The monoisotopic (exact) mass is 280 g/mol. The Morgan fingerprint density at radius 2 is 2.26 bits per heavy atom. The number of anilines is 2. The third-order valence-electron chi connectivity index (χ3n) is 3.53. The Balaban J connectivity index is 2.14. The van der Waals surface area contributed by atoms with Gasteiger partial charge in [-0.15, -0.1) is 0 Å². The number of nitrogens with one attached hydrogen (secondary N) is 1. The topological polar surface area (TPSA) is 64.3 Å². The van der Waals surface area contributed by atoms with Gasteiger partial charge in [-0.3, -0.25) is 0 Å². The van der Waals surface area contributed by atoms with Crippen molar-refractivity contribution in [3.8, 4) is 0 Å². The highest BCUT2D eigenvalue weighted by Crippen LogP contribution is 2.31. The average Bonchev–Trinajstić information content (AvgIpc) is 2.87. The predicted octanol–water partition coefficient (Wildman–Crippen LogP) is 2.75. The van der Waals surface area contributed by atoms with E-state index in [0.29, 0.717) is 22.5 Å². The summed E-state index contributed by atoms with van der Waals surface area (Å²) in [6.07, 6.45) is 5.64. The van der Waals surface area contributed by atoms with Gasteiger partial charge in [0.2, 0.25) is 0 Å². The largest absolute Gasteiger partial charge is 0.465 e. The molecule has 4 nitrogen and oxygen atoms in total. The first-order valence-corrected chi connectivity index (χ1v) is 7.70. The van der Waals surface area contributed by atoms with Gasteiger partial charge in [-0.1, -0.05) is 0 Å². The van der Waals surface area contributed by atoms with E-state index in [1.807, 2.05) is 17.8 Å². The van der Waals surface area contributed by atoms with Crippen molar-refractivity contribution in [3.05, 3.63) is 23.8 Å². The average molecular weight is 280 g/mol. The molecule has 0 amide bonds. The fraction of sp³-hybridized carbons (Fsp3) is 0.500. The van der Waals surface area contributed by atoms with E-state index in [1.165, 1.54) is 13.5 Å². The summed E-state index contributed by atoms with van der Waals surface area (Å²) in [5, 5.41) is 4.16. The quantitative estimate of drug-likeness (QED) is 0.656. The summed E-state index contributed by atoms with van der Waals surface area (Å²) in [4.78, 5) is 11.8. The number of methoxy groups -OCH3 is 1. The van der Waals surface area contributed by atoms with E-state index >= 15 is 0 Å². The van der Waals surface area contributed by atoms with Crippen molar-refractivity contribution in [2.75, 3.05) is 24.4 Å². The Morgan fingerprint density at radius 3 is 2.89 bits per heavy atom. The first kappa shape index (κ1) is 14.1. The minimum atomic E-state index is -0.353. The normalized spacial score (nSPS) is 22.2. The molecule has 0 heterocycles. The van der Waals surface area contributed by atoms with Gasteiger partial charge in [-0.05, 0) is 43.7 Å². The number of thioether (sulfide) groups is 1. The second-order valence-electron chi connectivity index (χ2n) is 4.81. The summed E-state index contributed by atoms with van der Waals surface area (Å²) in [5.41, 5.74) is 7.62. The number of nitrogen functional groups attached to an aromatic ring is 1. The molecule has 1 aliphatic rings. The number of hydrogen-bond donors (Lipinski definition) is 2. The molecule has 5 heteroatoms. The summed E-state index contributed by atoms with van der Waals surface area (Å²) in [5.74, 6) is -0.353. The SMILES string of the molecule is COC(=O)c1cc(N)ccc1NC1CCC(SC)C1. The maximum atomic E-state index is 11.8. The van der Waals surface area contributed by atoms with Crippen LogP contribution >= 0.6 is 11.8 Å². The fourth-order valence-electron chi connectivity index (χ4n) is 2.47. The third kappa shape index (κ3) is 3.35. The molecule has 0 bridgehead atoms. The Morgan fingerprint density at radius 1 is 1.47 bits per heavy atom. The van der Waals surface area contributed by atoms with Crippen LogP contribution in [-0.4, -0.2) is 30.6 Å². The lowest BCUT2D eigenvalue weighted by Gasteiger charge is -2.17. The number of esters is 1. The van der Waals surface area contributed by atoms with Crippen LogP contribution in [0.5, 0.6) is 0 Å². The third-order valence-corrected chi connectivity index (χ3v) is 4.62. The molecule has 3 N–H and O–H groups in total. The standard InChI is InChI=1S/C14H20N2O2S/c1-18-14(17)12-7-9(15)3-6-13(12)16-10-4-5-11(8-10)19-2/h3,6-7,10-11,16H,4-5,8,15H2,1-2H3. The van der Waals surface area contributed by atoms with Crippen LogP contribution in [0.4, 0.5) is 11.4 Å². The van der Waals surface area contributed by atoms with Crippen LogP contribution < -0.4 is 11.1 Å². The van der Waals surface area contributed by atoms with Gasteiger partial charge in [0.15, 0.2) is 0 Å². The summed E-state index contributed by atoms with van der Waals surface area (Å²) in [6.45, 7) is 0. The lowest BCUT2D eigenvalue weighted by molar-refractivity contribution is 0.0602. The molecule has 19 heavy (non-hydrogen) atoms. The number of carbonyl (C=O) groups is 1. The second kappa shape index (κ2) is 6.19. The lowest BCUT2D eigenvalue weighted by Crippen LogP contribution is -2.18. The van der Waals surface area contributed by atoms with E-state index in [2.05, 4.69) is 11.6 Å². The van der Waals surface area contributed by atoms with Crippen LogP contribution in [-0.2, 0) is 4.74 Å². The zero-order chi connectivity index (χ0) is 13.8. The first-order chi connectivity index (χ1) is 9.13. The molecule has 1 aliphatic carbocycles. The molecule has 0 aromatic heterocycles. The van der Waals surface area contributed by atoms with E-state index < -0.39 is 0 Å². The highest BCUT2D eigenvalue weighted by atomic mass is 32.2. The first-order valence-electron chi connectivity index (χ1n) is 6.41.